The summed E-state index contributed by atoms with van der Waals surface area (Å²) in [5.74, 6) is 1.86. The summed E-state index contributed by atoms with van der Waals surface area (Å²) in [6, 6.07) is 0. The van der Waals surface area contributed by atoms with Gasteiger partial charge in [0, 0.05) is 13.1 Å². The number of allylic oxidation sites excluding steroid dienone is 2. The summed E-state index contributed by atoms with van der Waals surface area (Å²) in [5, 5.41) is 0. The van der Waals surface area contributed by atoms with Crippen molar-refractivity contribution in [2.45, 2.75) is 6.92 Å². The molecule has 0 saturated heterocycles. The normalized spacial score (nSPS) is 19.5. The first-order valence-corrected chi connectivity index (χ1v) is 3.29. The number of hydrogen-bond donors (Lipinski definition) is 0. The third-order valence-electron chi connectivity index (χ3n) is 1.29. The molecule has 2 rings (SSSR count). The van der Waals surface area contributed by atoms with Crippen molar-refractivity contribution >= 4 is 12.1 Å². The van der Waals surface area contributed by atoms with E-state index >= 15 is 0 Å². The van der Waals surface area contributed by atoms with Crippen LogP contribution < -0.4 is 0 Å². The van der Waals surface area contributed by atoms with Crippen molar-refractivity contribution < 1.29 is 4.74 Å². The Labute approximate surface area is 64.1 Å². The Balaban J connectivity index is 2.53. The summed E-state index contributed by atoms with van der Waals surface area (Å²) in [7, 11) is 0. The lowest BCUT2D eigenvalue weighted by molar-refractivity contribution is 0.426. The molecule has 0 atom stereocenters. The highest BCUT2D eigenvalue weighted by atomic mass is 16.5. The van der Waals surface area contributed by atoms with Gasteiger partial charge in [0.2, 0.25) is 5.82 Å². The van der Waals surface area contributed by atoms with Crippen LogP contribution >= 0.6 is 0 Å². The van der Waals surface area contributed by atoms with E-state index in [1.807, 2.05) is 0 Å². The Bertz CT molecular complexity index is 341. The van der Waals surface area contributed by atoms with Gasteiger partial charge in [0.15, 0.2) is 11.7 Å². The Hall–Kier alpha value is -1.60. The lowest BCUT2D eigenvalue weighted by atomic mass is 10.4. The van der Waals surface area contributed by atoms with E-state index in [2.05, 4.69) is 15.7 Å². The van der Waals surface area contributed by atoms with Gasteiger partial charge in [-0.1, -0.05) is 0 Å². The summed E-state index contributed by atoms with van der Waals surface area (Å²) in [6.07, 6.45) is 5.26. The van der Waals surface area contributed by atoms with E-state index < -0.39 is 0 Å². The molecule has 0 aromatic heterocycles. The van der Waals surface area contributed by atoms with E-state index in [1.54, 1.807) is 25.3 Å². The van der Waals surface area contributed by atoms with E-state index in [1.165, 1.54) is 0 Å². The van der Waals surface area contributed by atoms with Crippen molar-refractivity contribution in [3.63, 3.8) is 0 Å². The third-order valence-corrected chi connectivity index (χ3v) is 1.29. The molecule has 2 bridgehead atoms. The molecular formula is C8H6N2O. The van der Waals surface area contributed by atoms with Crippen molar-refractivity contribution in [2.75, 3.05) is 0 Å². The van der Waals surface area contributed by atoms with Crippen molar-refractivity contribution in [3.8, 4) is 0 Å². The molecule has 0 N–H and O–H groups in total. The van der Waals surface area contributed by atoms with Crippen LogP contribution in [0.4, 0.5) is 0 Å². The van der Waals surface area contributed by atoms with Crippen LogP contribution in [0.1, 0.15) is 6.92 Å². The van der Waals surface area contributed by atoms with Crippen molar-refractivity contribution in [3.05, 3.63) is 29.5 Å². The summed E-state index contributed by atoms with van der Waals surface area (Å²) in [4.78, 5) is 8.00. The van der Waals surface area contributed by atoms with E-state index in [-0.39, 0.29) is 0 Å². The minimum atomic E-state index is 0.578. The number of rotatable bonds is 0. The predicted octanol–water partition coefficient (Wildman–Crippen LogP) is 1.40. The second-order valence-corrected chi connectivity index (χ2v) is 2.18. The SMILES string of the molecule is CC1=NC2=C=C(C=CC=N2)O1. The van der Waals surface area contributed by atoms with E-state index in [0.717, 1.165) is 0 Å². The van der Waals surface area contributed by atoms with Gasteiger partial charge in [-0.3, -0.25) is 0 Å². The molecule has 0 radical (unpaired) electrons. The van der Waals surface area contributed by atoms with E-state index in [0.29, 0.717) is 17.5 Å². The van der Waals surface area contributed by atoms with Gasteiger partial charge in [-0.05, 0) is 17.9 Å². The first kappa shape index (κ1) is 6.13. The fourth-order valence-corrected chi connectivity index (χ4v) is 0.876. The monoisotopic (exact) mass is 146 g/mol. The van der Waals surface area contributed by atoms with Gasteiger partial charge in [0.25, 0.3) is 0 Å². The van der Waals surface area contributed by atoms with Gasteiger partial charge in [0.1, 0.15) is 0 Å². The van der Waals surface area contributed by atoms with Gasteiger partial charge in [-0.2, -0.15) is 4.99 Å². The van der Waals surface area contributed by atoms with Crippen LogP contribution in [0, 0.1) is 0 Å². The molecule has 0 spiro atoms. The van der Waals surface area contributed by atoms with Crippen LogP contribution in [0.25, 0.3) is 0 Å². The lowest BCUT2D eigenvalue weighted by Crippen LogP contribution is -2.00. The Morgan fingerprint density at radius 2 is 2.45 bits per heavy atom. The summed E-state index contributed by atoms with van der Waals surface area (Å²) < 4.78 is 5.20. The van der Waals surface area contributed by atoms with E-state index in [9.17, 15) is 0 Å². The molecule has 0 amide bonds. The zero-order valence-electron chi connectivity index (χ0n) is 6.03. The summed E-state index contributed by atoms with van der Waals surface area (Å²) in [6.45, 7) is 1.79. The number of hydrogen-bond acceptors (Lipinski definition) is 3. The first-order chi connectivity index (χ1) is 5.34. The van der Waals surface area contributed by atoms with Gasteiger partial charge in [-0.15, -0.1) is 0 Å². The molecule has 2 aliphatic rings. The molecule has 0 aliphatic carbocycles. The molecule has 2 heterocycles. The zero-order chi connectivity index (χ0) is 7.68. The Kier molecular flexibility index (Phi) is 1.24. The fraction of sp³-hybridized carbons (Fsp3) is 0.125. The molecule has 0 saturated carbocycles. The smallest absolute Gasteiger partial charge is 0.203 e. The minimum absolute atomic E-state index is 0.578. The van der Waals surface area contributed by atoms with Crippen molar-refractivity contribution in [1.82, 2.24) is 0 Å². The molecule has 3 nitrogen and oxygen atoms in total. The maximum Gasteiger partial charge on any atom is 0.203 e. The van der Waals surface area contributed by atoms with Crippen LogP contribution in [0.3, 0.4) is 0 Å². The molecule has 11 heavy (non-hydrogen) atoms. The molecule has 0 aromatic carbocycles. The van der Waals surface area contributed by atoms with Crippen LogP contribution in [0.15, 0.2) is 39.4 Å². The standard InChI is InChI=1S/C8H6N2O/c1-6-10-8-5-7(11-6)3-2-4-9-8/h2-4H,1H3. The quantitative estimate of drug-likeness (QED) is 0.475. The Morgan fingerprint density at radius 3 is 3.36 bits per heavy atom. The average molecular weight is 146 g/mol. The maximum absolute atomic E-state index is 5.20. The van der Waals surface area contributed by atoms with Crippen LogP contribution in [0.2, 0.25) is 0 Å². The van der Waals surface area contributed by atoms with Gasteiger partial charge < -0.3 is 4.74 Å². The fourth-order valence-electron chi connectivity index (χ4n) is 0.876. The lowest BCUT2D eigenvalue weighted by Gasteiger charge is -2.05. The molecule has 3 heteroatoms. The third kappa shape index (κ3) is 1.14. The van der Waals surface area contributed by atoms with Crippen molar-refractivity contribution in [2.24, 2.45) is 9.98 Å². The minimum Gasteiger partial charge on any atom is -0.435 e. The predicted molar refractivity (Wildman–Crippen MR) is 42.4 cm³/mol. The summed E-state index contributed by atoms with van der Waals surface area (Å²) >= 11 is 0. The summed E-state index contributed by atoms with van der Waals surface area (Å²) in [5.41, 5.74) is 2.88. The number of ether oxygens (including phenoxy) is 1. The van der Waals surface area contributed by atoms with Gasteiger partial charge in [-0.25, -0.2) is 4.99 Å². The van der Waals surface area contributed by atoms with Crippen LogP contribution in [0.5, 0.6) is 0 Å². The zero-order valence-corrected chi connectivity index (χ0v) is 6.03. The average Bonchev–Trinajstić information content (AvgIpc) is 2.11. The first-order valence-electron chi connectivity index (χ1n) is 3.29. The maximum atomic E-state index is 5.20. The number of aliphatic imine (C=N–C) groups is 2. The molecule has 2 aliphatic heterocycles. The Morgan fingerprint density at radius 1 is 1.55 bits per heavy atom. The van der Waals surface area contributed by atoms with Gasteiger partial charge in [0.05, 0.1) is 0 Å². The molecular weight excluding hydrogens is 140 g/mol. The second-order valence-electron chi connectivity index (χ2n) is 2.18. The second kappa shape index (κ2) is 2.22. The van der Waals surface area contributed by atoms with Crippen LogP contribution in [-0.2, 0) is 4.74 Å². The molecule has 0 fully saturated rings. The molecule has 0 unspecified atom stereocenters. The topological polar surface area (TPSA) is 34.0 Å². The molecule has 54 valence electrons. The van der Waals surface area contributed by atoms with Crippen molar-refractivity contribution in [1.29, 1.82) is 0 Å². The van der Waals surface area contributed by atoms with Gasteiger partial charge >= 0.3 is 0 Å². The highest BCUT2D eigenvalue weighted by Crippen LogP contribution is 2.12. The molecule has 0 aromatic rings. The number of nitrogens with zero attached hydrogens (tertiary/aromatic N) is 2. The highest BCUT2D eigenvalue weighted by molar-refractivity contribution is 5.80. The van der Waals surface area contributed by atoms with Crippen LogP contribution in [-0.4, -0.2) is 12.1 Å². The highest BCUT2D eigenvalue weighted by Gasteiger charge is 2.05. The van der Waals surface area contributed by atoms with E-state index in [4.69, 9.17) is 4.74 Å². The largest absolute Gasteiger partial charge is 0.435 e.